The van der Waals surface area contributed by atoms with Crippen molar-refractivity contribution in [3.63, 3.8) is 0 Å². The van der Waals surface area contributed by atoms with Gasteiger partial charge in [-0.05, 0) is 36.6 Å². The fourth-order valence-electron chi connectivity index (χ4n) is 3.73. The summed E-state index contributed by atoms with van der Waals surface area (Å²) in [7, 11) is 1.62. The van der Waals surface area contributed by atoms with E-state index in [4.69, 9.17) is 4.74 Å². The highest BCUT2D eigenvalue weighted by Crippen LogP contribution is 2.19. The molecule has 2 aliphatic rings. The Morgan fingerprint density at radius 3 is 2.67 bits per heavy atom. The molecular formula is C20H24N4O3. The average Bonchev–Trinajstić information content (AvgIpc) is 3.36. The Morgan fingerprint density at radius 2 is 1.89 bits per heavy atom. The number of hydrogen-bond donors (Lipinski definition) is 0. The van der Waals surface area contributed by atoms with Crippen LogP contribution in [-0.4, -0.2) is 58.1 Å². The van der Waals surface area contributed by atoms with Crippen molar-refractivity contribution in [1.29, 1.82) is 0 Å². The molecule has 0 atom stereocenters. The molecule has 4 rings (SSSR count). The Labute approximate surface area is 158 Å². The normalized spacial score (nSPS) is 16.3. The summed E-state index contributed by atoms with van der Waals surface area (Å²) < 4.78 is 7.08. The fraction of sp³-hybridized carbons (Fsp3) is 0.450. The summed E-state index contributed by atoms with van der Waals surface area (Å²) in [4.78, 5) is 28.9. The van der Waals surface area contributed by atoms with Crippen molar-refractivity contribution in [2.24, 2.45) is 0 Å². The van der Waals surface area contributed by atoms with Crippen molar-refractivity contribution < 1.29 is 14.3 Å². The van der Waals surface area contributed by atoms with Crippen LogP contribution in [0.15, 0.2) is 30.3 Å². The number of nitrogens with zero attached hydrogens (tertiary/aromatic N) is 4. The van der Waals surface area contributed by atoms with E-state index >= 15 is 0 Å². The third-order valence-corrected chi connectivity index (χ3v) is 5.25. The molecule has 2 aliphatic heterocycles. The highest BCUT2D eigenvalue weighted by molar-refractivity contribution is 5.92. The maximum atomic E-state index is 12.7. The molecule has 1 aromatic heterocycles. The minimum absolute atomic E-state index is 0.00339. The molecule has 3 heterocycles. The molecule has 0 unspecified atom stereocenters. The second kappa shape index (κ2) is 7.42. The smallest absolute Gasteiger partial charge is 0.274 e. The van der Waals surface area contributed by atoms with E-state index in [1.807, 2.05) is 44.8 Å². The van der Waals surface area contributed by atoms with Gasteiger partial charge in [0, 0.05) is 19.6 Å². The molecule has 0 saturated carbocycles. The summed E-state index contributed by atoms with van der Waals surface area (Å²) in [6, 6.07) is 9.42. The van der Waals surface area contributed by atoms with Crippen LogP contribution in [0.3, 0.4) is 0 Å². The van der Waals surface area contributed by atoms with Crippen molar-refractivity contribution >= 4 is 11.8 Å². The van der Waals surface area contributed by atoms with Crippen molar-refractivity contribution in [1.82, 2.24) is 19.6 Å². The summed E-state index contributed by atoms with van der Waals surface area (Å²) in [6.07, 6.45) is 2.46. The summed E-state index contributed by atoms with van der Waals surface area (Å²) in [5.41, 5.74) is 2.35. The van der Waals surface area contributed by atoms with E-state index in [0.29, 0.717) is 31.7 Å². The zero-order chi connectivity index (χ0) is 18.8. The Hall–Kier alpha value is -2.83. The number of ether oxygens (including phenoxy) is 1. The molecular weight excluding hydrogens is 344 g/mol. The molecule has 142 valence electrons. The van der Waals surface area contributed by atoms with Gasteiger partial charge in [0.15, 0.2) is 5.69 Å². The van der Waals surface area contributed by atoms with Gasteiger partial charge in [0.1, 0.15) is 5.75 Å². The van der Waals surface area contributed by atoms with Crippen LogP contribution in [-0.2, 0) is 24.3 Å². The molecule has 1 saturated heterocycles. The first-order valence-electron chi connectivity index (χ1n) is 9.41. The van der Waals surface area contributed by atoms with Crippen LogP contribution < -0.4 is 4.74 Å². The lowest BCUT2D eigenvalue weighted by Gasteiger charge is -2.27. The third kappa shape index (κ3) is 3.67. The van der Waals surface area contributed by atoms with Gasteiger partial charge in [-0.3, -0.25) is 14.3 Å². The number of carbonyl (C=O) groups excluding carboxylic acids is 2. The summed E-state index contributed by atoms with van der Waals surface area (Å²) >= 11 is 0. The van der Waals surface area contributed by atoms with Crippen LogP contribution in [0.1, 0.15) is 34.6 Å². The van der Waals surface area contributed by atoms with Gasteiger partial charge < -0.3 is 14.5 Å². The first-order chi connectivity index (χ1) is 13.1. The Bertz CT molecular complexity index is 855. The number of hydrogen-bond acceptors (Lipinski definition) is 4. The molecule has 1 fully saturated rings. The molecule has 7 heteroatoms. The van der Waals surface area contributed by atoms with Crippen LogP contribution >= 0.6 is 0 Å². The van der Waals surface area contributed by atoms with E-state index in [1.165, 1.54) is 0 Å². The second-order valence-electron chi connectivity index (χ2n) is 7.09. The predicted molar refractivity (Wildman–Crippen MR) is 99.5 cm³/mol. The number of amides is 2. The lowest BCUT2D eigenvalue weighted by atomic mass is 10.1. The Kier molecular flexibility index (Phi) is 4.83. The highest BCUT2D eigenvalue weighted by atomic mass is 16.5. The zero-order valence-corrected chi connectivity index (χ0v) is 15.6. The van der Waals surface area contributed by atoms with Gasteiger partial charge in [0.05, 0.1) is 32.3 Å². The van der Waals surface area contributed by atoms with Crippen molar-refractivity contribution in [3.8, 4) is 5.75 Å². The topological polar surface area (TPSA) is 67.7 Å². The minimum atomic E-state index is 0.00339. The number of carbonyl (C=O) groups is 2. The molecule has 0 aliphatic carbocycles. The summed E-state index contributed by atoms with van der Waals surface area (Å²) in [5.74, 6) is 0.828. The molecule has 27 heavy (non-hydrogen) atoms. The van der Waals surface area contributed by atoms with Gasteiger partial charge in [-0.15, -0.1) is 0 Å². The van der Waals surface area contributed by atoms with E-state index in [-0.39, 0.29) is 11.8 Å². The van der Waals surface area contributed by atoms with Crippen molar-refractivity contribution in [3.05, 3.63) is 47.3 Å². The molecule has 2 aromatic rings. The quantitative estimate of drug-likeness (QED) is 0.824. The molecule has 0 N–H and O–H groups in total. The molecule has 7 nitrogen and oxygen atoms in total. The monoisotopic (exact) mass is 368 g/mol. The molecule has 1 aromatic carbocycles. The molecule has 0 bridgehead atoms. The van der Waals surface area contributed by atoms with Gasteiger partial charge in [0.2, 0.25) is 5.91 Å². The van der Waals surface area contributed by atoms with E-state index in [9.17, 15) is 9.59 Å². The van der Waals surface area contributed by atoms with E-state index < -0.39 is 0 Å². The van der Waals surface area contributed by atoms with Crippen molar-refractivity contribution in [2.45, 2.75) is 32.4 Å². The minimum Gasteiger partial charge on any atom is -0.497 e. The van der Waals surface area contributed by atoms with Gasteiger partial charge in [-0.25, -0.2) is 0 Å². The van der Waals surface area contributed by atoms with Gasteiger partial charge in [-0.1, -0.05) is 12.1 Å². The lowest BCUT2D eigenvalue weighted by Crippen LogP contribution is -2.39. The second-order valence-corrected chi connectivity index (χ2v) is 7.09. The summed E-state index contributed by atoms with van der Waals surface area (Å²) in [6.45, 7) is 3.34. The van der Waals surface area contributed by atoms with Crippen LogP contribution in [0.25, 0.3) is 0 Å². The van der Waals surface area contributed by atoms with E-state index in [0.717, 1.165) is 42.9 Å². The van der Waals surface area contributed by atoms with Gasteiger partial charge in [0.25, 0.3) is 5.91 Å². The number of likely N-dealkylation sites (tertiary alicyclic amines) is 1. The average molecular weight is 368 g/mol. The van der Waals surface area contributed by atoms with Gasteiger partial charge >= 0.3 is 0 Å². The fourth-order valence-corrected chi connectivity index (χ4v) is 3.73. The SMILES string of the molecule is COc1cccc(CC(=O)N2CCn3nc(C(=O)N4CCCC4)cc3C2)c1. The van der Waals surface area contributed by atoms with E-state index in [1.54, 1.807) is 7.11 Å². The molecule has 0 radical (unpaired) electrons. The predicted octanol–water partition coefficient (Wildman–Crippen LogP) is 1.71. The number of aromatic nitrogens is 2. The number of fused-ring (bicyclic) bond motifs is 1. The third-order valence-electron chi connectivity index (χ3n) is 5.25. The lowest BCUT2D eigenvalue weighted by molar-refractivity contribution is -0.132. The number of methoxy groups -OCH3 is 1. The first kappa shape index (κ1) is 17.6. The number of rotatable bonds is 4. The van der Waals surface area contributed by atoms with Crippen LogP contribution in [0.5, 0.6) is 5.75 Å². The standard InChI is InChI=1S/C20H24N4O3/c1-27-17-6-4-5-15(11-17)12-19(25)23-9-10-24-16(14-23)13-18(21-24)20(26)22-7-2-3-8-22/h4-6,11,13H,2-3,7-10,12,14H2,1H3. The number of benzene rings is 1. The largest absolute Gasteiger partial charge is 0.497 e. The van der Waals surface area contributed by atoms with Crippen LogP contribution in [0.4, 0.5) is 0 Å². The summed E-state index contributed by atoms with van der Waals surface area (Å²) in [5, 5.41) is 4.47. The van der Waals surface area contributed by atoms with E-state index in [2.05, 4.69) is 5.10 Å². The van der Waals surface area contributed by atoms with Crippen LogP contribution in [0.2, 0.25) is 0 Å². The van der Waals surface area contributed by atoms with Gasteiger partial charge in [-0.2, -0.15) is 5.10 Å². The zero-order valence-electron chi connectivity index (χ0n) is 15.6. The maximum absolute atomic E-state index is 12.7. The van der Waals surface area contributed by atoms with Crippen LogP contribution in [0, 0.1) is 0 Å². The molecule has 2 amide bonds. The highest BCUT2D eigenvalue weighted by Gasteiger charge is 2.27. The van der Waals surface area contributed by atoms with Crippen molar-refractivity contribution in [2.75, 3.05) is 26.7 Å². The first-order valence-corrected chi connectivity index (χ1v) is 9.41. The Balaban J connectivity index is 1.43. The molecule has 0 spiro atoms. The Morgan fingerprint density at radius 1 is 1.07 bits per heavy atom. The maximum Gasteiger partial charge on any atom is 0.274 e.